The SMILES string of the molecule is O=C(O)Cc1csc(NC(=O)[C@H]2CCCN2S(=O)(=O)c2ccccc2F)n1. The lowest BCUT2D eigenvalue weighted by Crippen LogP contribution is -2.43. The first-order valence-corrected chi connectivity index (χ1v) is 10.3. The van der Waals surface area contributed by atoms with Gasteiger partial charge in [0.15, 0.2) is 5.13 Å². The van der Waals surface area contributed by atoms with Gasteiger partial charge in [0.05, 0.1) is 12.1 Å². The van der Waals surface area contributed by atoms with Crippen molar-refractivity contribution in [1.29, 1.82) is 0 Å². The van der Waals surface area contributed by atoms with Crippen LogP contribution in [0.5, 0.6) is 0 Å². The van der Waals surface area contributed by atoms with Crippen LogP contribution in [0.4, 0.5) is 9.52 Å². The summed E-state index contributed by atoms with van der Waals surface area (Å²) >= 11 is 1.05. The molecule has 0 spiro atoms. The molecule has 0 saturated carbocycles. The van der Waals surface area contributed by atoms with E-state index >= 15 is 0 Å². The molecule has 1 saturated heterocycles. The number of anilines is 1. The van der Waals surface area contributed by atoms with Gasteiger partial charge in [-0.2, -0.15) is 4.31 Å². The molecule has 1 atom stereocenters. The minimum atomic E-state index is -4.16. The molecule has 3 rings (SSSR count). The Bertz CT molecular complexity index is 976. The summed E-state index contributed by atoms with van der Waals surface area (Å²) in [6.45, 7) is 0.108. The second-order valence-electron chi connectivity index (χ2n) is 5.91. The summed E-state index contributed by atoms with van der Waals surface area (Å²) in [6.07, 6.45) is 0.490. The molecule has 1 amide bonds. The number of halogens is 1. The summed E-state index contributed by atoms with van der Waals surface area (Å²) in [4.78, 5) is 26.8. The number of carboxylic acids is 1. The van der Waals surface area contributed by atoms with Gasteiger partial charge in [-0.25, -0.2) is 17.8 Å². The van der Waals surface area contributed by atoms with Crippen LogP contribution in [0.25, 0.3) is 0 Å². The molecule has 144 valence electrons. The summed E-state index contributed by atoms with van der Waals surface area (Å²) in [7, 11) is -4.16. The van der Waals surface area contributed by atoms with Crippen LogP contribution >= 0.6 is 11.3 Å². The molecular formula is C16H16FN3O5S2. The van der Waals surface area contributed by atoms with Crippen molar-refractivity contribution in [3.05, 3.63) is 41.2 Å². The number of hydrogen-bond donors (Lipinski definition) is 2. The lowest BCUT2D eigenvalue weighted by Gasteiger charge is -2.23. The molecule has 0 unspecified atom stereocenters. The zero-order chi connectivity index (χ0) is 19.6. The Labute approximate surface area is 158 Å². The third-order valence-electron chi connectivity index (χ3n) is 4.04. The molecule has 27 heavy (non-hydrogen) atoms. The van der Waals surface area contributed by atoms with E-state index < -0.39 is 38.7 Å². The quantitative estimate of drug-likeness (QED) is 0.745. The number of carboxylic acid groups (broad SMARTS) is 1. The molecule has 0 aliphatic carbocycles. The van der Waals surface area contributed by atoms with Crippen LogP contribution in [0.15, 0.2) is 34.5 Å². The fourth-order valence-corrected chi connectivity index (χ4v) is 5.30. The van der Waals surface area contributed by atoms with Gasteiger partial charge in [-0.15, -0.1) is 11.3 Å². The van der Waals surface area contributed by atoms with E-state index in [1.54, 1.807) is 0 Å². The second-order valence-corrected chi connectivity index (χ2v) is 8.63. The van der Waals surface area contributed by atoms with E-state index in [1.807, 2.05) is 0 Å². The van der Waals surface area contributed by atoms with Crippen molar-refractivity contribution in [2.45, 2.75) is 30.2 Å². The Morgan fingerprint density at radius 3 is 2.81 bits per heavy atom. The van der Waals surface area contributed by atoms with E-state index in [2.05, 4.69) is 10.3 Å². The molecule has 1 aromatic carbocycles. The maximum atomic E-state index is 14.0. The molecule has 1 aromatic heterocycles. The number of carbonyl (C=O) groups excluding carboxylic acids is 1. The van der Waals surface area contributed by atoms with Crippen LogP contribution < -0.4 is 5.32 Å². The average Bonchev–Trinajstić information content (AvgIpc) is 3.24. The van der Waals surface area contributed by atoms with Crippen LogP contribution in [0.3, 0.4) is 0 Å². The number of nitrogens with zero attached hydrogens (tertiary/aromatic N) is 2. The largest absolute Gasteiger partial charge is 0.481 e. The molecule has 11 heteroatoms. The highest BCUT2D eigenvalue weighted by Gasteiger charge is 2.40. The van der Waals surface area contributed by atoms with Gasteiger partial charge in [0.2, 0.25) is 15.9 Å². The highest BCUT2D eigenvalue weighted by Crippen LogP contribution is 2.28. The van der Waals surface area contributed by atoms with E-state index in [1.165, 1.54) is 17.5 Å². The van der Waals surface area contributed by atoms with Crippen molar-refractivity contribution in [3.63, 3.8) is 0 Å². The lowest BCUT2D eigenvalue weighted by molar-refractivity contribution is -0.136. The molecule has 2 N–H and O–H groups in total. The van der Waals surface area contributed by atoms with Crippen LogP contribution in [-0.4, -0.2) is 47.3 Å². The van der Waals surface area contributed by atoms with Gasteiger partial charge in [0.25, 0.3) is 0 Å². The molecular weight excluding hydrogens is 397 g/mol. The highest BCUT2D eigenvalue weighted by atomic mass is 32.2. The number of aliphatic carboxylic acids is 1. The molecule has 2 aromatic rings. The summed E-state index contributed by atoms with van der Waals surface area (Å²) in [5.41, 5.74) is 0.296. The molecule has 0 bridgehead atoms. The smallest absolute Gasteiger partial charge is 0.309 e. The van der Waals surface area contributed by atoms with Gasteiger partial charge in [-0.3, -0.25) is 9.59 Å². The Kier molecular flexibility index (Phi) is 5.53. The van der Waals surface area contributed by atoms with Crippen molar-refractivity contribution >= 4 is 38.4 Å². The predicted molar refractivity (Wildman–Crippen MR) is 95.4 cm³/mol. The van der Waals surface area contributed by atoms with Gasteiger partial charge in [-0.1, -0.05) is 12.1 Å². The standard InChI is InChI=1S/C16H16FN3O5S2/c17-11-4-1-2-6-13(11)27(24,25)20-7-3-5-12(20)15(23)19-16-18-10(9-26-16)8-14(21)22/h1-2,4,6,9,12H,3,5,7-8H2,(H,21,22)(H,18,19,23)/t12-/m1/s1. The number of sulfonamides is 1. The Morgan fingerprint density at radius 2 is 2.11 bits per heavy atom. The van der Waals surface area contributed by atoms with Crippen LogP contribution in [0.1, 0.15) is 18.5 Å². The maximum absolute atomic E-state index is 14.0. The molecule has 0 radical (unpaired) electrons. The second kappa shape index (κ2) is 7.71. The summed E-state index contributed by atoms with van der Waals surface area (Å²) in [6, 6.07) is 4.04. The summed E-state index contributed by atoms with van der Waals surface area (Å²) in [5, 5.41) is 13.0. The molecule has 8 nitrogen and oxygen atoms in total. The third kappa shape index (κ3) is 4.15. The van der Waals surface area contributed by atoms with Crippen LogP contribution in [0.2, 0.25) is 0 Å². The number of rotatable bonds is 6. The van der Waals surface area contributed by atoms with Crippen LogP contribution in [0, 0.1) is 5.82 Å². The lowest BCUT2D eigenvalue weighted by atomic mass is 10.2. The zero-order valence-corrected chi connectivity index (χ0v) is 15.6. The number of hydrogen-bond acceptors (Lipinski definition) is 6. The number of aromatic nitrogens is 1. The fraction of sp³-hybridized carbons (Fsp3) is 0.312. The first kappa shape index (κ1) is 19.4. The fourth-order valence-electron chi connectivity index (χ4n) is 2.86. The number of amides is 1. The van der Waals surface area contributed by atoms with E-state index in [9.17, 15) is 22.4 Å². The van der Waals surface area contributed by atoms with Crippen molar-refractivity contribution < 1.29 is 27.5 Å². The van der Waals surface area contributed by atoms with Crippen molar-refractivity contribution in [1.82, 2.24) is 9.29 Å². The predicted octanol–water partition coefficient (Wildman–Crippen LogP) is 1.70. The topological polar surface area (TPSA) is 117 Å². The molecule has 1 aliphatic heterocycles. The van der Waals surface area contributed by atoms with E-state index in [4.69, 9.17) is 5.11 Å². The van der Waals surface area contributed by atoms with E-state index in [0.29, 0.717) is 18.5 Å². The van der Waals surface area contributed by atoms with Crippen molar-refractivity contribution in [2.75, 3.05) is 11.9 Å². The van der Waals surface area contributed by atoms with E-state index in [-0.39, 0.29) is 18.1 Å². The minimum Gasteiger partial charge on any atom is -0.481 e. The third-order valence-corrected chi connectivity index (χ3v) is 6.79. The van der Waals surface area contributed by atoms with Gasteiger partial charge in [-0.05, 0) is 25.0 Å². The first-order valence-electron chi connectivity index (χ1n) is 8.02. The average molecular weight is 413 g/mol. The van der Waals surface area contributed by atoms with Gasteiger partial charge in [0.1, 0.15) is 16.8 Å². The summed E-state index contributed by atoms with van der Waals surface area (Å²) in [5.74, 6) is -2.50. The van der Waals surface area contributed by atoms with Crippen LogP contribution in [-0.2, 0) is 26.0 Å². The zero-order valence-electron chi connectivity index (χ0n) is 14.0. The summed E-state index contributed by atoms with van der Waals surface area (Å²) < 4.78 is 40.5. The normalized spacial score (nSPS) is 17.7. The Morgan fingerprint density at radius 1 is 1.37 bits per heavy atom. The van der Waals surface area contributed by atoms with Crippen molar-refractivity contribution in [2.24, 2.45) is 0 Å². The maximum Gasteiger partial charge on any atom is 0.309 e. The van der Waals surface area contributed by atoms with E-state index in [0.717, 1.165) is 27.8 Å². The number of nitrogens with one attached hydrogen (secondary N) is 1. The monoisotopic (exact) mass is 413 g/mol. The van der Waals surface area contributed by atoms with Crippen molar-refractivity contribution in [3.8, 4) is 0 Å². The number of benzene rings is 1. The number of carbonyl (C=O) groups is 2. The van der Waals surface area contributed by atoms with Gasteiger partial charge in [0, 0.05) is 11.9 Å². The number of thiazole rings is 1. The molecule has 1 aliphatic rings. The minimum absolute atomic E-state index is 0.108. The van der Waals surface area contributed by atoms with Gasteiger partial charge < -0.3 is 10.4 Å². The Hall–Kier alpha value is -2.37. The molecule has 2 heterocycles. The Balaban J connectivity index is 1.78. The van der Waals surface area contributed by atoms with Gasteiger partial charge >= 0.3 is 5.97 Å². The first-order chi connectivity index (χ1) is 12.8. The molecule has 1 fully saturated rings. The highest BCUT2D eigenvalue weighted by molar-refractivity contribution is 7.89.